The van der Waals surface area contributed by atoms with Gasteiger partial charge in [0, 0.05) is 15.4 Å². The van der Waals surface area contributed by atoms with Gasteiger partial charge in [0.15, 0.2) is 0 Å². The number of carboxylic acids is 1. The number of aromatic carboxylic acids is 1. The molecule has 0 radical (unpaired) electrons. The van der Waals surface area contributed by atoms with Gasteiger partial charge in [0.25, 0.3) is 0 Å². The molecule has 0 saturated heterocycles. The first-order valence-electron chi connectivity index (χ1n) is 4.34. The van der Waals surface area contributed by atoms with Gasteiger partial charge in [0.05, 0.1) is 5.56 Å². The van der Waals surface area contributed by atoms with E-state index in [2.05, 4.69) is 15.9 Å². The van der Waals surface area contributed by atoms with Crippen LogP contribution in [0.2, 0.25) is 0 Å². The average Bonchev–Trinajstić information content (AvgIpc) is 2.63. The third-order valence-corrected chi connectivity index (χ3v) is 3.83. The predicted octanol–water partition coefficient (Wildman–Crippen LogP) is 4.01. The van der Waals surface area contributed by atoms with Crippen LogP contribution in [0.3, 0.4) is 0 Å². The van der Waals surface area contributed by atoms with Gasteiger partial charge in [-0.2, -0.15) is 11.3 Å². The molecular formula is C11H6BrFO2S. The fourth-order valence-electron chi connectivity index (χ4n) is 1.34. The summed E-state index contributed by atoms with van der Waals surface area (Å²) in [6.07, 6.45) is 0. The van der Waals surface area contributed by atoms with Crippen molar-refractivity contribution >= 4 is 33.2 Å². The molecule has 0 fully saturated rings. The summed E-state index contributed by atoms with van der Waals surface area (Å²) in [5.41, 5.74) is 1.21. The molecule has 0 unspecified atom stereocenters. The number of hydrogen-bond acceptors (Lipinski definition) is 2. The Hall–Kier alpha value is -1.20. The van der Waals surface area contributed by atoms with Crippen molar-refractivity contribution in [3.05, 3.63) is 44.8 Å². The summed E-state index contributed by atoms with van der Waals surface area (Å²) in [4.78, 5) is 10.6. The maximum Gasteiger partial charge on any atom is 0.338 e. The van der Waals surface area contributed by atoms with E-state index in [1.807, 2.05) is 10.8 Å². The van der Waals surface area contributed by atoms with Crippen LogP contribution in [0.4, 0.5) is 4.39 Å². The van der Waals surface area contributed by atoms with Crippen LogP contribution in [0.1, 0.15) is 10.4 Å². The molecule has 0 aliphatic heterocycles. The van der Waals surface area contributed by atoms with Gasteiger partial charge in [0.1, 0.15) is 5.82 Å². The number of carboxylic acid groups (broad SMARTS) is 1. The van der Waals surface area contributed by atoms with E-state index >= 15 is 0 Å². The monoisotopic (exact) mass is 300 g/mol. The Bertz CT molecular complexity index is 551. The Labute approximate surface area is 103 Å². The molecule has 5 heteroatoms. The van der Waals surface area contributed by atoms with Crippen molar-refractivity contribution in [2.24, 2.45) is 0 Å². The van der Waals surface area contributed by atoms with E-state index in [-0.39, 0.29) is 5.56 Å². The largest absolute Gasteiger partial charge is 0.478 e. The van der Waals surface area contributed by atoms with Crippen LogP contribution < -0.4 is 0 Å². The van der Waals surface area contributed by atoms with Crippen molar-refractivity contribution in [2.45, 2.75) is 0 Å². The van der Waals surface area contributed by atoms with Gasteiger partial charge < -0.3 is 5.11 Å². The van der Waals surface area contributed by atoms with Crippen LogP contribution in [0.15, 0.2) is 33.4 Å². The lowest BCUT2D eigenvalue weighted by molar-refractivity contribution is 0.0692. The molecule has 0 bridgehead atoms. The molecule has 0 atom stereocenters. The molecule has 82 valence electrons. The standard InChI is InChI=1S/C11H6BrFO2S/c12-9-5-16-4-8(9)6-1-2-7(11(14)15)10(13)3-6/h1-5H,(H,14,15). The molecule has 0 saturated carbocycles. The maximum absolute atomic E-state index is 13.4. The Kier molecular flexibility index (Phi) is 3.07. The molecular weight excluding hydrogens is 295 g/mol. The SMILES string of the molecule is O=C(O)c1ccc(-c2cscc2Br)cc1F. The van der Waals surface area contributed by atoms with Gasteiger partial charge in [0.2, 0.25) is 0 Å². The zero-order valence-corrected chi connectivity index (χ0v) is 10.3. The van der Waals surface area contributed by atoms with Gasteiger partial charge in [-0.25, -0.2) is 9.18 Å². The number of thiophene rings is 1. The summed E-state index contributed by atoms with van der Waals surface area (Å²) in [5.74, 6) is -1.98. The van der Waals surface area contributed by atoms with Crippen molar-refractivity contribution in [1.82, 2.24) is 0 Å². The van der Waals surface area contributed by atoms with E-state index in [0.29, 0.717) is 5.56 Å². The average molecular weight is 301 g/mol. The van der Waals surface area contributed by atoms with Crippen molar-refractivity contribution in [2.75, 3.05) is 0 Å². The fourth-order valence-corrected chi connectivity index (χ4v) is 2.88. The van der Waals surface area contributed by atoms with E-state index in [1.165, 1.54) is 23.5 Å². The second-order valence-electron chi connectivity index (χ2n) is 3.13. The van der Waals surface area contributed by atoms with Crippen LogP contribution in [-0.2, 0) is 0 Å². The van der Waals surface area contributed by atoms with Crippen molar-refractivity contribution in [1.29, 1.82) is 0 Å². The Morgan fingerprint density at radius 1 is 1.38 bits per heavy atom. The summed E-state index contributed by atoms with van der Waals surface area (Å²) in [7, 11) is 0. The van der Waals surface area contributed by atoms with E-state index in [1.54, 1.807) is 6.07 Å². The van der Waals surface area contributed by atoms with Crippen LogP contribution in [-0.4, -0.2) is 11.1 Å². The molecule has 0 amide bonds. The highest BCUT2D eigenvalue weighted by molar-refractivity contribution is 9.10. The van der Waals surface area contributed by atoms with E-state index < -0.39 is 11.8 Å². The minimum Gasteiger partial charge on any atom is -0.478 e. The summed E-state index contributed by atoms with van der Waals surface area (Å²) >= 11 is 4.84. The molecule has 1 aromatic heterocycles. The van der Waals surface area contributed by atoms with E-state index in [0.717, 1.165) is 10.0 Å². The highest BCUT2D eigenvalue weighted by Crippen LogP contribution is 2.32. The van der Waals surface area contributed by atoms with Crippen LogP contribution in [0.5, 0.6) is 0 Å². The van der Waals surface area contributed by atoms with Gasteiger partial charge in [-0.1, -0.05) is 6.07 Å². The van der Waals surface area contributed by atoms with Crippen molar-refractivity contribution < 1.29 is 14.3 Å². The van der Waals surface area contributed by atoms with Crippen LogP contribution in [0.25, 0.3) is 11.1 Å². The molecule has 0 aliphatic rings. The first-order valence-corrected chi connectivity index (χ1v) is 6.08. The first kappa shape index (κ1) is 11.3. The fraction of sp³-hybridized carbons (Fsp3) is 0. The topological polar surface area (TPSA) is 37.3 Å². The lowest BCUT2D eigenvalue weighted by atomic mass is 10.1. The zero-order valence-electron chi connectivity index (χ0n) is 7.91. The number of carbonyl (C=O) groups is 1. The molecule has 0 aliphatic carbocycles. The Balaban J connectivity index is 2.50. The third-order valence-electron chi connectivity index (χ3n) is 2.13. The number of halogens is 2. The van der Waals surface area contributed by atoms with Gasteiger partial charge in [-0.15, -0.1) is 0 Å². The lowest BCUT2D eigenvalue weighted by Crippen LogP contribution is -2.00. The molecule has 16 heavy (non-hydrogen) atoms. The molecule has 1 aromatic carbocycles. The smallest absolute Gasteiger partial charge is 0.338 e. The predicted molar refractivity (Wildman–Crippen MR) is 64.4 cm³/mol. The zero-order chi connectivity index (χ0) is 11.7. The van der Waals surface area contributed by atoms with E-state index in [9.17, 15) is 9.18 Å². The minimum absolute atomic E-state index is 0.310. The molecule has 0 spiro atoms. The Morgan fingerprint density at radius 3 is 2.62 bits per heavy atom. The van der Waals surface area contributed by atoms with E-state index in [4.69, 9.17) is 5.11 Å². The molecule has 2 nitrogen and oxygen atoms in total. The number of rotatable bonds is 2. The third kappa shape index (κ3) is 2.01. The first-order chi connectivity index (χ1) is 7.59. The molecule has 2 aromatic rings. The minimum atomic E-state index is -1.26. The highest BCUT2D eigenvalue weighted by Gasteiger charge is 2.12. The second kappa shape index (κ2) is 4.35. The summed E-state index contributed by atoms with van der Waals surface area (Å²) in [6.45, 7) is 0. The quantitative estimate of drug-likeness (QED) is 0.910. The van der Waals surface area contributed by atoms with Crippen LogP contribution >= 0.6 is 27.3 Å². The second-order valence-corrected chi connectivity index (χ2v) is 4.73. The summed E-state index contributed by atoms with van der Waals surface area (Å²) in [5, 5.41) is 12.5. The molecule has 1 N–H and O–H groups in total. The normalized spacial score (nSPS) is 10.4. The summed E-state index contributed by atoms with van der Waals surface area (Å²) in [6, 6.07) is 4.10. The highest BCUT2D eigenvalue weighted by atomic mass is 79.9. The van der Waals surface area contributed by atoms with Gasteiger partial charge in [-0.05, 0) is 39.0 Å². The van der Waals surface area contributed by atoms with Crippen molar-refractivity contribution in [3.8, 4) is 11.1 Å². The Morgan fingerprint density at radius 2 is 2.12 bits per heavy atom. The van der Waals surface area contributed by atoms with Gasteiger partial charge >= 0.3 is 5.97 Å². The molecule has 1 heterocycles. The molecule has 2 rings (SSSR count). The van der Waals surface area contributed by atoms with Crippen molar-refractivity contribution in [3.63, 3.8) is 0 Å². The lowest BCUT2D eigenvalue weighted by Gasteiger charge is -2.02. The maximum atomic E-state index is 13.4. The van der Waals surface area contributed by atoms with Crippen LogP contribution in [0, 0.1) is 5.82 Å². The summed E-state index contributed by atoms with van der Waals surface area (Å²) < 4.78 is 14.3. The number of hydrogen-bond donors (Lipinski definition) is 1. The number of benzene rings is 1. The van der Waals surface area contributed by atoms with Gasteiger partial charge in [-0.3, -0.25) is 0 Å².